The van der Waals surface area contributed by atoms with E-state index in [4.69, 9.17) is 1.37 Å². The molecule has 0 bridgehead atoms. The average Bonchev–Trinajstić information content (AvgIpc) is 1.77. The summed E-state index contributed by atoms with van der Waals surface area (Å²) in [5, 5.41) is 0. The molecule has 0 fully saturated rings. The van der Waals surface area contributed by atoms with Crippen molar-refractivity contribution in [2.75, 3.05) is 0 Å². The molecule has 1 heterocycles. The SMILES string of the molecule is [2H]c1cnc[nH]c1=O. The fourth-order valence-electron chi connectivity index (χ4n) is 0.271. The van der Waals surface area contributed by atoms with Crippen molar-refractivity contribution in [3.8, 4) is 0 Å². The predicted molar refractivity (Wildman–Crippen MR) is 24.9 cm³/mol. The predicted octanol–water partition coefficient (Wildman–Crippen LogP) is -0.230. The quantitative estimate of drug-likeness (QED) is 0.486. The molecular formula is C4H4N2O. The first-order valence-electron chi connectivity index (χ1n) is 2.30. The molecule has 36 valence electrons. The van der Waals surface area contributed by atoms with Gasteiger partial charge in [0, 0.05) is 12.2 Å². The molecule has 0 saturated carbocycles. The maximum absolute atomic E-state index is 10.3. The second-order valence-corrected chi connectivity index (χ2v) is 1.03. The van der Waals surface area contributed by atoms with Crippen LogP contribution in [-0.4, -0.2) is 9.97 Å². The highest BCUT2D eigenvalue weighted by Crippen LogP contribution is 1.57. The molecule has 0 aliphatic rings. The van der Waals surface area contributed by atoms with Crippen LogP contribution in [0.3, 0.4) is 0 Å². The van der Waals surface area contributed by atoms with Crippen LogP contribution in [-0.2, 0) is 0 Å². The van der Waals surface area contributed by atoms with Crippen LogP contribution in [0.1, 0.15) is 1.37 Å². The summed E-state index contributed by atoms with van der Waals surface area (Å²) in [6.07, 6.45) is 2.44. The van der Waals surface area contributed by atoms with Crippen LogP contribution in [0.5, 0.6) is 0 Å². The normalized spacial score (nSPS) is 10.6. The Morgan fingerprint density at radius 1 is 2.00 bits per heavy atom. The molecule has 1 N–H and O–H groups in total. The van der Waals surface area contributed by atoms with Gasteiger partial charge in [-0.05, 0) is 0 Å². The van der Waals surface area contributed by atoms with Crippen molar-refractivity contribution in [3.05, 3.63) is 28.9 Å². The Bertz CT molecular complexity index is 231. The van der Waals surface area contributed by atoms with Crippen molar-refractivity contribution in [1.82, 2.24) is 9.97 Å². The van der Waals surface area contributed by atoms with E-state index in [1.807, 2.05) is 0 Å². The summed E-state index contributed by atoms with van der Waals surface area (Å²) in [5.74, 6) is 0. The Morgan fingerprint density at radius 3 is 3.29 bits per heavy atom. The Labute approximate surface area is 41.4 Å². The van der Waals surface area contributed by atoms with Gasteiger partial charge >= 0.3 is 0 Å². The third-order valence-corrected chi connectivity index (χ3v) is 0.540. The lowest BCUT2D eigenvalue weighted by Crippen LogP contribution is -2.00. The van der Waals surface area contributed by atoms with Gasteiger partial charge in [0.2, 0.25) is 0 Å². The van der Waals surface area contributed by atoms with Gasteiger partial charge in [0.15, 0.2) is 0 Å². The van der Waals surface area contributed by atoms with Gasteiger partial charge < -0.3 is 4.98 Å². The summed E-state index contributed by atoms with van der Waals surface area (Å²) >= 11 is 0. The third-order valence-electron chi connectivity index (χ3n) is 0.540. The molecule has 0 aliphatic heterocycles. The Balaban J connectivity index is 3.35. The zero-order valence-electron chi connectivity index (χ0n) is 4.51. The fraction of sp³-hybridized carbons (Fsp3) is 0. The van der Waals surface area contributed by atoms with E-state index in [9.17, 15) is 4.79 Å². The van der Waals surface area contributed by atoms with Gasteiger partial charge in [-0.25, -0.2) is 4.98 Å². The van der Waals surface area contributed by atoms with Gasteiger partial charge in [0.05, 0.1) is 7.70 Å². The number of aromatic amines is 1. The molecule has 3 heteroatoms. The van der Waals surface area contributed by atoms with Crippen molar-refractivity contribution in [3.63, 3.8) is 0 Å². The lowest BCUT2D eigenvalue weighted by Gasteiger charge is -1.73. The topological polar surface area (TPSA) is 45.8 Å². The fourth-order valence-corrected chi connectivity index (χ4v) is 0.271. The Hall–Kier alpha value is -1.12. The minimum Gasteiger partial charge on any atom is -0.313 e. The lowest BCUT2D eigenvalue weighted by molar-refractivity contribution is 1.12. The molecule has 1 rings (SSSR count). The van der Waals surface area contributed by atoms with Crippen molar-refractivity contribution >= 4 is 0 Å². The number of hydrogen-bond donors (Lipinski definition) is 1. The second-order valence-electron chi connectivity index (χ2n) is 1.03. The molecular weight excluding hydrogens is 92.1 g/mol. The first kappa shape index (κ1) is 2.96. The van der Waals surface area contributed by atoms with Crippen LogP contribution >= 0.6 is 0 Å². The molecule has 0 aliphatic carbocycles. The molecule has 0 unspecified atom stereocenters. The van der Waals surface area contributed by atoms with Crippen molar-refractivity contribution in [2.45, 2.75) is 0 Å². The van der Waals surface area contributed by atoms with Gasteiger partial charge in [-0.15, -0.1) is 0 Å². The summed E-state index contributed by atoms with van der Waals surface area (Å²) in [7, 11) is 0. The maximum atomic E-state index is 10.3. The molecule has 0 saturated heterocycles. The Morgan fingerprint density at radius 2 is 2.86 bits per heavy atom. The van der Waals surface area contributed by atoms with E-state index in [0.29, 0.717) is 0 Å². The minimum atomic E-state index is -0.403. The van der Waals surface area contributed by atoms with Gasteiger partial charge in [-0.3, -0.25) is 4.79 Å². The molecule has 1 aromatic rings. The van der Waals surface area contributed by atoms with E-state index < -0.39 is 5.56 Å². The zero-order valence-corrected chi connectivity index (χ0v) is 3.51. The number of aromatic nitrogens is 2. The van der Waals surface area contributed by atoms with Crippen LogP contribution in [0.25, 0.3) is 0 Å². The monoisotopic (exact) mass is 97.0 g/mol. The van der Waals surface area contributed by atoms with Crippen LogP contribution < -0.4 is 5.56 Å². The minimum absolute atomic E-state index is 0.104. The highest BCUT2D eigenvalue weighted by molar-refractivity contribution is 4.76. The number of rotatable bonds is 0. The van der Waals surface area contributed by atoms with E-state index in [1.165, 1.54) is 12.5 Å². The van der Waals surface area contributed by atoms with Gasteiger partial charge in [0.25, 0.3) is 5.56 Å². The lowest BCUT2D eigenvalue weighted by atomic mass is 10.7. The van der Waals surface area contributed by atoms with Crippen LogP contribution in [0, 0.1) is 0 Å². The van der Waals surface area contributed by atoms with E-state index in [2.05, 4.69) is 9.97 Å². The van der Waals surface area contributed by atoms with Crippen LogP contribution in [0.4, 0.5) is 0 Å². The molecule has 0 atom stereocenters. The van der Waals surface area contributed by atoms with E-state index in [1.54, 1.807) is 0 Å². The highest BCUT2D eigenvalue weighted by atomic mass is 16.1. The zero-order chi connectivity index (χ0) is 5.98. The van der Waals surface area contributed by atoms with Gasteiger partial charge in [0.1, 0.15) is 0 Å². The molecule has 0 amide bonds. The van der Waals surface area contributed by atoms with Crippen molar-refractivity contribution < 1.29 is 1.37 Å². The first-order valence-corrected chi connectivity index (χ1v) is 1.80. The third kappa shape index (κ3) is 0.855. The smallest absolute Gasteiger partial charge is 0.250 e. The number of H-pyrrole nitrogens is 1. The molecule has 3 nitrogen and oxygen atoms in total. The van der Waals surface area contributed by atoms with E-state index in [0.717, 1.165) is 0 Å². The summed E-state index contributed by atoms with van der Waals surface area (Å²) in [6.45, 7) is 0. The second kappa shape index (κ2) is 1.55. The van der Waals surface area contributed by atoms with Crippen LogP contribution in [0.2, 0.25) is 0 Å². The van der Waals surface area contributed by atoms with E-state index in [-0.39, 0.29) is 6.04 Å². The van der Waals surface area contributed by atoms with Gasteiger partial charge in [-0.2, -0.15) is 0 Å². The largest absolute Gasteiger partial charge is 0.313 e. The average molecular weight is 97.1 g/mol. The molecule has 1 aromatic heterocycles. The molecule has 0 radical (unpaired) electrons. The van der Waals surface area contributed by atoms with Crippen LogP contribution in [0.15, 0.2) is 23.4 Å². The summed E-state index contributed by atoms with van der Waals surface area (Å²) < 4.78 is 6.81. The standard InChI is InChI=1S/C4H4N2O/c7-4-1-2-5-3-6-4/h1-3H,(H,5,6,7)/i1D. The summed E-state index contributed by atoms with van der Waals surface area (Å²) in [4.78, 5) is 16.1. The number of hydrogen-bond acceptors (Lipinski definition) is 2. The molecule has 0 aromatic carbocycles. The van der Waals surface area contributed by atoms with Crippen molar-refractivity contribution in [1.29, 1.82) is 0 Å². The molecule has 7 heavy (non-hydrogen) atoms. The molecule has 0 spiro atoms. The Kier molecular flexibility index (Phi) is 0.656. The number of nitrogens with zero attached hydrogens (tertiary/aromatic N) is 1. The maximum Gasteiger partial charge on any atom is 0.250 e. The summed E-state index contributed by atoms with van der Waals surface area (Å²) in [6, 6.07) is -0.104. The van der Waals surface area contributed by atoms with Crippen molar-refractivity contribution in [2.24, 2.45) is 0 Å². The number of nitrogens with one attached hydrogen (secondary N) is 1. The first-order chi connectivity index (χ1) is 3.80. The van der Waals surface area contributed by atoms with E-state index >= 15 is 0 Å². The summed E-state index contributed by atoms with van der Waals surface area (Å²) in [5.41, 5.74) is -0.403. The highest BCUT2D eigenvalue weighted by Gasteiger charge is 1.70. The van der Waals surface area contributed by atoms with Gasteiger partial charge in [-0.1, -0.05) is 0 Å².